The van der Waals surface area contributed by atoms with Crippen molar-refractivity contribution in [1.29, 1.82) is 0 Å². The van der Waals surface area contributed by atoms with E-state index in [9.17, 15) is 4.79 Å². The summed E-state index contributed by atoms with van der Waals surface area (Å²) in [7, 11) is 0. The number of carbonyl (C=O) groups excluding carboxylic acids is 1. The van der Waals surface area contributed by atoms with Crippen molar-refractivity contribution in [2.45, 2.75) is 19.8 Å². The van der Waals surface area contributed by atoms with E-state index in [0.29, 0.717) is 35.5 Å². The number of piperidine rings is 1. The third-order valence-electron chi connectivity index (χ3n) is 4.21. The summed E-state index contributed by atoms with van der Waals surface area (Å²) in [5.74, 6) is 1.01. The van der Waals surface area contributed by atoms with Crippen molar-refractivity contribution < 1.29 is 9.53 Å². The van der Waals surface area contributed by atoms with Crippen LogP contribution in [0.2, 0.25) is 5.02 Å². The van der Waals surface area contributed by atoms with Gasteiger partial charge >= 0.3 is 0 Å². The van der Waals surface area contributed by atoms with E-state index >= 15 is 0 Å². The quantitative estimate of drug-likeness (QED) is 0.842. The molecule has 0 radical (unpaired) electrons. The zero-order valence-corrected chi connectivity index (χ0v) is 14.5. The van der Waals surface area contributed by atoms with Crippen LogP contribution in [0.3, 0.4) is 0 Å². The largest absolute Gasteiger partial charge is 0.477 e. The third kappa shape index (κ3) is 4.26. The van der Waals surface area contributed by atoms with Crippen LogP contribution in [0.25, 0.3) is 0 Å². The maximum Gasteiger partial charge on any atom is 0.253 e. The molecule has 1 saturated heterocycles. The molecule has 3 rings (SSSR count). The molecule has 2 heterocycles. The van der Waals surface area contributed by atoms with Gasteiger partial charge in [-0.1, -0.05) is 23.7 Å². The highest BCUT2D eigenvalue weighted by molar-refractivity contribution is 6.30. The fourth-order valence-corrected chi connectivity index (χ4v) is 3.18. The predicted octanol–water partition coefficient (Wildman–Crippen LogP) is 3.97. The first kappa shape index (κ1) is 16.8. The van der Waals surface area contributed by atoms with Crippen molar-refractivity contribution in [3.8, 4) is 5.88 Å². The molecular weight excluding hydrogens is 324 g/mol. The maximum atomic E-state index is 12.6. The van der Waals surface area contributed by atoms with E-state index in [2.05, 4.69) is 4.98 Å². The number of ether oxygens (including phenoxy) is 1. The lowest BCUT2D eigenvalue weighted by atomic mass is 9.98. The number of aryl methyl sites for hydroxylation is 1. The van der Waals surface area contributed by atoms with E-state index in [1.807, 2.05) is 42.2 Å². The summed E-state index contributed by atoms with van der Waals surface area (Å²) in [5.41, 5.74) is 1.58. The highest BCUT2D eigenvalue weighted by atomic mass is 35.5. The first-order valence-corrected chi connectivity index (χ1v) is 8.61. The van der Waals surface area contributed by atoms with Crippen LogP contribution in [0.1, 0.15) is 28.9 Å². The molecule has 0 spiro atoms. The molecule has 24 heavy (non-hydrogen) atoms. The molecule has 1 aliphatic rings. The second-order valence-corrected chi connectivity index (χ2v) is 6.63. The Bertz CT molecular complexity index is 720. The van der Waals surface area contributed by atoms with Crippen LogP contribution in [-0.4, -0.2) is 35.5 Å². The molecule has 1 aliphatic heterocycles. The molecule has 126 valence electrons. The number of halogens is 1. The van der Waals surface area contributed by atoms with Crippen LogP contribution in [0, 0.1) is 12.8 Å². The van der Waals surface area contributed by atoms with Gasteiger partial charge in [0.05, 0.1) is 6.61 Å². The third-order valence-corrected chi connectivity index (χ3v) is 4.44. The van der Waals surface area contributed by atoms with Crippen LogP contribution < -0.4 is 4.74 Å². The van der Waals surface area contributed by atoms with Crippen molar-refractivity contribution >= 4 is 17.5 Å². The van der Waals surface area contributed by atoms with E-state index in [1.54, 1.807) is 12.1 Å². The molecule has 0 aliphatic carbocycles. The molecule has 1 amide bonds. The van der Waals surface area contributed by atoms with Gasteiger partial charge in [0.15, 0.2) is 0 Å². The zero-order chi connectivity index (χ0) is 16.9. The number of aromatic nitrogens is 1. The minimum atomic E-state index is 0.0379. The summed E-state index contributed by atoms with van der Waals surface area (Å²) in [6, 6.07) is 12.9. The average molecular weight is 345 g/mol. The number of likely N-dealkylation sites (tertiary alicyclic amines) is 1. The summed E-state index contributed by atoms with van der Waals surface area (Å²) in [4.78, 5) is 18.9. The molecule has 1 atom stereocenters. The van der Waals surface area contributed by atoms with E-state index in [-0.39, 0.29) is 5.91 Å². The van der Waals surface area contributed by atoms with Crippen LogP contribution >= 0.6 is 11.6 Å². The monoisotopic (exact) mass is 344 g/mol. The SMILES string of the molecule is Cc1cccc(OCC2CCCN(C(=O)c3cccc(Cl)c3)C2)n1. The molecule has 1 aromatic carbocycles. The lowest BCUT2D eigenvalue weighted by Gasteiger charge is -2.32. The Hall–Kier alpha value is -2.07. The van der Waals surface area contributed by atoms with Gasteiger partial charge in [0, 0.05) is 41.4 Å². The number of nitrogens with zero attached hydrogens (tertiary/aromatic N) is 2. The van der Waals surface area contributed by atoms with E-state index in [1.165, 1.54) is 0 Å². The first-order valence-electron chi connectivity index (χ1n) is 8.23. The molecule has 4 nitrogen and oxygen atoms in total. The number of rotatable bonds is 4. The lowest BCUT2D eigenvalue weighted by Crippen LogP contribution is -2.41. The Labute approximate surface area is 147 Å². The van der Waals surface area contributed by atoms with E-state index in [4.69, 9.17) is 16.3 Å². The standard InChI is InChI=1S/C19H21ClN2O2/c1-14-5-2-9-18(21-14)24-13-15-6-4-10-22(12-15)19(23)16-7-3-8-17(20)11-16/h2-3,5,7-9,11,15H,4,6,10,12-13H2,1H3. The van der Waals surface area contributed by atoms with Crippen molar-refractivity contribution in [2.75, 3.05) is 19.7 Å². The Balaban J connectivity index is 1.59. The fraction of sp³-hybridized carbons (Fsp3) is 0.368. The summed E-state index contributed by atoms with van der Waals surface area (Å²) in [5, 5.41) is 0.586. The molecular formula is C19H21ClN2O2. The van der Waals surface area contributed by atoms with Gasteiger partial charge < -0.3 is 9.64 Å². The Morgan fingerprint density at radius 3 is 2.96 bits per heavy atom. The minimum absolute atomic E-state index is 0.0379. The number of hydrogen-bond donors (Lipinski definition) is 0. The van der Waals surface area contributed by atoms with Gasteiger partial charge in [-0.3, -0.25) is 4.79 Å². The predicted molar refractivity (Wildman–Crippen MR) is 94.5 cm³/mol. The second kappa shape index (κ2) is 7.67. The molecule has 2 aromatic rings. The maximum absolute atomic E-state index is 12.6. The van der Waals surface area contributed by atoms with Gasteiger partial charge in [-0.05, 0) is 44.0 Å². The molecule has 0 saturated carbocycles. The smallest absolute Gasteiger partial charge is 0.253 e. The highest BCUT2D eigenvalue weighted by Crippen LogP contribution is 2.21. The van der Waals surface area contributed by atoms with Crippen LogP contribution in [0.5, 0.6) is 5.88 Å². The van der Waals surface area contributed by atoms with Crippen molar-refractivity contribution in [3.05, 3.63) is 58.7 Å². The highest BCUT2D eigenvalue weighted by Gasteiger charge is 2.25. The summed E-state index contributed by atoms with van der Waals surface area (Å²) in [6.45, 7) is 4.01. The fourth-order valence-electron chi connectivity index (χ4n) is 2.99. The van der Waals surface area contributed by atoms with Gasteiger partial charge in [-0.15, -0.1) is 0 Å². The molecule has 1 fully saturated rings. The molecule has 5 heteroatoms. The number of amides is 1. The van der Waals surface area contributed by atoms with Gasteiger partial charge in [-0.25, -0.2) is 4.98 Å². The Morgan fingerprint density at radius 1 is 1.33 bits per heavy atom. The second-order valence-electron chi connectivity index (χ2n) is 6.20. The van der Waals surface area contributed by atoms with Crippen LogP contribution in [-0.2, 0) is 0 Å². The normalized spacial score (nSPS) is 17.6. The topological polar surface area (TPSA) is 42.4 Å². The Kier molecular flexibility index (Phi) is 5.36. The average Bonchev–Trinajstić information content (AvgIpc) is 2.60. The van der Waals surface area contributed by atoms with Crippen molar-refractivity contribution in [1.82, 2.24) is 9.88 Å². The van der Waals surface area contributed by atoms with Gasteiger partial charge in [-0.2, -0.15) is 0 Å². The number of hydrogen-bond acceptors (Lipinski definition) is 3. The van der Waals surface area contributed by atoms with Gasteiger partial charge in [0.1, 0.15) is 0 Å². The Morgan fingerprint density at radius 2 is 2.17 bits per heavy atom. The molecule has 0 bridgehead atoms. The van der Waals surface area contributed by atoms with E-state index in [0.717, 1.165) is 25.1 Å². The van der Waals surface area contributed by atoms with E-state index < -0.39 is 0 Å². The van der Waals surface area contributed by atoms with Gasteiger partial charge in [0.2, 0.25) is 5.88 Å². The van der Waals surface area contributed by atoms with Gasteiger partial charge in [0.25, 0.3) is 5.91 Å². The number of pyridine rings is 1. The summed E-state index contributed by atoms with van der Waals surface area (Å²) < 4.78 is 5.81. The van der Waals surface area contributed by atoms with Crippen molar-refractivity contribution in [2.24, 2.45) is 5.92 Å². The summed E-state index contributed by atoms with van der Waals surface area (Å²) in [6.07, 6.45) is 2.05. The van der Waals surface area contributed by atoms with Crippen LogP contribution in [0.4, 0.5) is 0 Å². The number of benzene rings is 1. The summed E-state index contributed by atoms with van der Waals surface area (Å²) >= 11 is 5.99. The molecule has 0 N–H and O–H groups in total. The van der Waals surface area contributed by atoms with Crippen LogP contribution in [0.15, 0.2) is 42.5 Å². The van der Waals surface area contributed by atoms with Crippen molar-refractivity contribution in [3.63, 3.8) is 0 Å². The lowest BCUT2D eigenvalue weighted by molar-refractivity contribution is 0.0631. The first-order chi connectivity index (χ1) is 11.6. The molecule has 1 aromatic heterocycles. The zero-order valence-electron chi connectivity index (χ0n) is 13.7. The molecule has 1 unspecified atom stereocenters. The minimum Gasteiger partial charge on any atom is -0.477 e. The number of carbonyl (C=O) groups is 1.